The van der Waals surface area contributed by atoms with Crippen LogP contribution < -0.4 is 5.48 Å². The SMILES string of the molecule is C[C@@H](C(=O)NO)N(Cc1ccccc1)S(C)(=O)=O. The minimum absolute atomic E-state index is 0.0776. The fourth-order valence-electron chi connectivity index (χ4n) is 1.53. The molecule has 18 heavy (non-hydrogen) atoms. The molecule has 0 heterocycles. The van der Waals surface area contributed by atoms with E-state index in [1.807, 2.05) is 6.07 Å². The number of benzene rings is 1. The van der Waals surface area contributed by atoms with Gasteiger partial charge in [0.25, 0.3) is 5.91 Å². The molecule has 6 nitrogen and oxygen atoms in total. The standard InChI is InChI=1S/C11H16N2O4S/c1-9(11(14)12-15)13(18(2,16)17)8-10-6-4-3-5-7-10/h3-7,9,15H,8H2,1-2H3,(H,12,14)/t9-/m0/s1. The monoisotopic (exact) mass is 272 g/mol. The summed E-state index contributed by atoms with van der Waals surface area (Å²) in [5, 5.41) is 8.56. The molecule has 1 amide bonds. The Hall–Kier alpha value is -1.44. The molecule has 7 heteroatoms. The highest BCUT2D eigenvalue weighted by molar-refractivity contribution is 7.88. The van der Waals surface area contributed by atoms with E-state index in [4.69, 9.17) is 5.21 Å². The van der Waals surface area contributed by atoms with Gasteiger partial charge in [0, 0.05) is 6.54 Å². The largest absolute Gasteiger partial charge is 0.289 e. The number of carbonyl (C=O) groups is 1. The van der Waals surface area contributed by atoms with Crippen LogP contribution in [0.15, 0.2) is 30.3 Å². The van der Waals surface area contributed by atoms with Crippen LogP contribution in [0.25, 0.3) is 0 Å². The van der Waals surface area contributed by atoms with Crippen LogP contribution >= 0.6 is 0 Å². The summed E-state index contributed by atoms with van der Waals surface area (Å²) >= 11 is 0. The quantitative estimate of drug-likeness (QED) is 0.598. The van der Waals surface area contributed by atoms with E-state index in [0.29, 0.717) is 0 Å². The Bertz CT molecular complexity index is 501. The van der Waals surface area contributed by atoms with Gasteiger partial charge in [0.15, 0.2) is 0 Å². The van der Waals surface area contributed by atoms with E-state index in [0.717, 1.165) is 16.1 Å². The maximum atomic E-state index is 11.7. The second kappa shape index (κ2) is 5.94. The third-order valence-electron chi connectivity index (χ3n) is 2.53. The number of amides is 1. The smallest absolute Gasteiger partial charge is 0.261 e. The number of nitrogens with zero attached hydrogens (tertiary/aromatic N) is 1. The van der Waals surface area contributed by atoms with Crippen molar-refractivity contribution in [2.45, 2.75) is 19.5 Å². The zero-order valence-electron chi connectivity index (χ0n) is 10.2. The van der Waals surface area contributed by atoms with Crippen LogP contribution in [0.5, 0.6) is 0 Å². The van der Waals surface area contributed by atoms with Gasteiger partial charge in [0.1, 0.15) is 6.04 Å². The highest BCUT2D eigenvalue weighted by atomic mass is 32.2. The Morgan fingerprint density at radius 1 is 1.39 bits per heavy atom. The highest BCUT2D eigenvalue weighted by Gasteiger charge is 2.28. The molecule has 100 valence electrons. The molecule has 0 unspecified atom stereocenters. The molecule has 0 spiro atoms. The molecule has 0 aliphatic carbocycles. The molecule has 0 radical (unpaired) electrons. The summed E-state index contributed by atoms with van der Waals surface area (Å²) in [6, 6.07) is 7.94. The lowest BCUT2D eigenvalue weighted by atomic mass is 10.2. The molecular formula is C11H16N2O4S. The maximum absolute atomic E-state index is 11.7. The Labute approximate surface area is 106 Å². The van der Waals surface area contributed by atoms with Gasteiger partial charge in [0.2, 0.25) is 10.0 Å². The van der Waals surface area contributed by atoms with Gasteiger partial charge in [-0.05, 0) is 12.5 Å². The molecule has 1 atom stereocenters. The minimum Gasteiger partial charge on any atom is -0.289 e. The highest BCUT2D eigenvalue weighted by Crippen LogP contribution is 2.12. The van der Waals surface area contributed by atoms with Gasteiger partial charge >= 0.3 is 0 Å². The number of hydroxylamine groups is 1. The Morgan fingerprint density at radius 3 is 2.39 bits per heavy atom. The molecule has 0 aromatic heterocycles. The van der Waals surface area contributed by atoms with Gasteiger partial charge in [-0.3, -0.25) is 10.0 Å². The van der Waals surface area contributed by atoms with E-state index in [9.17, 15) is 13.2 Å². The summed E-state index contributed by atoms with van der Waals surface area (Å²) in [6.45, 7) is 1.49. The summed E-state index contributed by atoms with van der Waals surface area (Å²) in [7, 11) is -3.56. The lowest BCUT2D eigenvalue weighted by Gasteiger charge is -2.25. The molecule has 0 saturated heterocycles. The van der Waals surface area contributed by atoms with Crippen molar-refractivity contribution in [1.29, 1.82) is 0 Å². The molecule has 0 fully saturated rings. The van der Waals surface area contributed by atoms with E-state index >= 15 is 0 Å². The molecule has 1 aromatic carbocycles. The Balaban J connectivity index is 2.97. The van der Waals surface area contributed by atoms with Gasteiger partial charge in [-0.2, -0.15) is 4.31 Å². The third-order valence-corrected chi connectivity index (χ3v) is 3.83. The second-order valence-corrected chi connectivity index (χ2v) is 5.88. The van der Waals surface area contributed by atoms with Gasteiger partial charge in [-0.1, -0.05) is 30.3 Å². The predicted molar refractivity (Wildman–Crippen MR) is 66.2 cm³/mol. The number of nitrogens with one attached hydrogen (secondary N) is 1. The lowest BCUT2D eigenvalue weighted by molar-refractivity contribution is -0.132. The van der Waals surface area contributed by atoms with E-state index in [1.54, 1.807) is 24.3 Å². The molecule has 0 aliphatic rings. The van der Waals surface area contributed by atoms with Gasteiger partial charge in [0.05, 0.1) is 6.26 Å². The van der Waals surface area contributed by atoms with Crippen LogP contribution in [0.2, 0.25) is 0 Å². The molecule has 1 rings (SSSR count). The Kier molecular flexibility index (Phi) is 4.83. The molecule has 0 saturated carbocycles. The van der Waals surface area contributed by atoms with Crippen molar-refractivity contribution in [3.63, 3.8) is 0 Å². The number of sulfonamides is 1. The average molecular weight is 272 g/mol. The molecular weight excluding hydrogens is 256 g/mol. The normalized spacial score (nSPS) is 13.3. The van der Waals surface area contributed by atoms with Crippen LogP contribution in [0.3, 0.4) is 0 Å². The number of rotatable bonds is 5. The van der Waals surface area contributed by atoms with Crippen LogP contribution in [0, 0.1) is 0 Å². The van der Waals surface area contributed by atoms with E-state index in [-0.39, 0.29) is 6.54 Å². The molecule has 1 aromatic rings. The van der Waals surface area contributed by atoms with Crippen molar-refractivity contribution in [2.24, 2.45) is 0 Å². The first kappa shape index (κ1) is 14.6. The first-order chi connectivity index (χ1) is 8.36. The fourth-order valence-corrected chi connectivity index (χ4v) is 2.58. The van der Waals surface area contributed by atoms with Crippen molar-refractivity contribution in [3.8, 4) is 0 Å². The van der Waals surface area contributed by atoms with Crippen molar-refractivity contribution >= 4 is 15.9 Å². The number of carbonyl (C=O) groups excluding carboxylic acids is 1. The Morgan fingerprint density at radius 2 is 1.94 bits per heavy atom. The maximum Gasteiger partial charge on any atom is 0.261 e. The second-order valence-electron chi connectivity index (χ2n) is 3.95. The summed E-state index contributed by atoms with van der Waals surface area (Å²) in [5.41, 5.74) is 2.22. The van der Waals surface area contributed by atoms with E-state index in [2.05, 4.69) is 0 Å². The summed E-state index contributed by atoms with van der Waals surface area (Å²) in [6.07, 6.45) is 1.02. The first-order valence-corrected chi connectivity index (χ1v) is 7.15. The van der Waals surface area contributed by atoms with Gasteiger partial charge in [-0.25, -0.2) is 13.9 Å². The summed E-state index contributed by atoms with van der Waals surface area (Å²) < 4.78 is 24.3. The van der Waals surface area contributed by atoms with Crippen molar-refractivity contribution in [1.82, 2.24) is 9.79 Å². The number of hydrogen-bond donors (Lipinski definition) is 2. The fraction of sp³-hybridized carbons (Fsp3) is 0.364. The topological polar surface area (TPSA) is 86.7 Å². The lowest BCUT2D eigenvalue weighted by Crippen LogP contribution is -2.46. The zero-order valence-corrected chi connectivity index (χ0v) is 11.0. The van der Waals surface area contributed by atoms with Crippen LogP contribution in [-0.4, -0.2) is 36.1 Å². The summed E-state index contributed by atoms with van der Waals surface area (Å²) in [5.74, 6) is -0.767. The zero-order chi connectivity index (χ0) is 13.8. The van der Waals surface area contributed by atoms with Crippen LogP contribution in [0.1, 0.15) is 12.5 Å². The van der Waals surface area contributed by atoms with E-state index in [1.165, 1.54) is 12.4 Å². The third kappa shape index (κ3) is 3.80. The van der Waals surface area contributed by atoms with Crippen LogP contribution in [0.4, 0.5) is 0 Å². The predicted octanol–water partition coefficient (Wildman–Crippen LogP) is 0.342. The van der Waals surface area contributed by atoms with Crippen LogP contribution in [-0.2, 0) is 21.4 Å². The first-order valence-electron chi connectivity index (χ1n) is 5.31. The molecule has 0 bridgehead atoms. The van der Waals surface area contributed by atoms with Gasteiger partial charge < -0.3 is 0 Å². The van der Waals surface area contributed by atoms with E-state index < -0.39 is 22.0 Å². The molecule has 2 N–H and O–H groups in total. The van der Waals surface area contributed by atoms with Gasteiger partial charge in [-0.15, -0.1) is 0 Å². The van der Waals surface area contributed by atoms with Crippen molar-refractivity contribution < 1.29 is 18.4 Å². The minimum atomic E-state index is -3.56. The summed E-state index contributed by atoms with van der Waals surface area (Å²) in [4.78, 5) is 11.3. The number of hydrogen-bond acceptors (Lipinski definition) is 4. The molecule has 0 aliphatic heterocycles. The van der Waals surface area contributed by atoms with Crippen molar-refractivity contribution in [3.05, 3.63) is 35.9 Å². The van der Waals surface area contributed by atoms with Crippen molar-refractivity contribution in [2.75, 3.05) is 6.26 Å². The average Bonchev–Trinajstić information content (AvgIpc) is 2.34.